The van der Waals surface area contributed by atoms with Gasteiger partial charge in [0.1, 0.15) is 16.9 Å². The Morgan fingerprint density at radius 2 is 1.85 bits per heavy atom. The summed E-state index contributed by atoms with van der Waals surface area (Å²) in [4.78, 5) is 31.8. The molecular formula is C29H29FN8O. The van der Waals surface area contributed by atoms with Gasteiger partial charge >= 0.3 is 0 Å². The van der Waals surface area contributed by atoms with E-state index in [0.717, 1.165) is 55.5 Å². The van der Waals surface area contributed by atoms with Gasteiger partial charge in [-0.1, -0.05) is 18.9 Å². The van der Waals surface area contributed by atoms with Gasteiger partial charge in [0.25, 0.3) is 0 Å². The number of fused-ring (bicyclic) bond motifs is 2. The summed E-state index contributed by atoms with van der Waals surface area (Å²) in [6, 6.07) is 7.80. The van der Waals surface area contributed by atoms with E-state index >= 15 is 4.39 Å². The maximum atomic E-state index is 16.1. The first-order valence-corrected chi connectivity index (χ1v) is 13.7. The number of aromatic nitrogens is 6. The van der Waals surface area contributed by atoms with Crippen LogP contribution in [0.15, 0.2) is 42.9 Å². The third-order valence-electron chi connectivity index (χ3n) is 7.96. The predicted octanol–water partition coefficient (Wildman–Crippen LogP) is 5.82. The molecule has 2 fully saturated rings. The highest BCUT2D eigenvalue weighted by Crippen LogP contribution is 2.35. The predicted molar refractivity (Wildman–Crippen MR) is 149 cm³/mol. The van der Waals surface area contributed by atoms with Crippen molar-refractivity contribution in [1.82, 2.24) is 30.1 Å². The molecule has 39 heavy (non-hydrogen) atoms. The SMILES string of the molecule is O=C(Nc1cncc(-c2ncc3[nH]nc(-c4nc5c(N6CCCCC6)cccc5[nH]4)c3c2F)c1)C1CCCC1. The largest absolute Gasteiger partial charge is 0.370 e. The molecule has 4 aromatic heterocycles. The van der Waals surface area contributed by atoms with Crippen LogP contribution in [0.2, 0.25) is 0 Å². The van der Waals surface area contributed by atoms with Crippen LogP contribution in [0.3, 0.4) is 0 Å². The number of amides is 1. The average molecular weight is 525 g/mol. The Kier molecular flexibility index (Phi) is 5.94. The van der Waals surface area contributed by atoms with Crippen molar-refractivity contribution in [3.63, 3.8) is 0 Å². The number of H-pyrrole nitrogens is 2. The minimum Gasteiger partial charge on any atom is -0.370 e. The standard InChI is InChI=1S/C29H29FN8O/c30-24-23-21(16-32-25(24)18-13-19(15-31-14-18)33-29(39)17-7-2-3-8-17)36-37-27(23)28-34-20-9-6-10-22(26(20)35-28)38-11-4-1-5-12-38/h6,9-10,13-17H,1-5,7-8,11-12H2,(H,33,39)(H,34,35)(H,36,37). The van der Waals surface area contributed by atoms with E-state index in [2.05, 4.69) is 41.4 Å². The fourth-order valence-electron chi connectivity index (χ4n) is 5.94. The zero-order valence-corrected chi connectivity index (χ0v) is 21.5. The lowest BCUT2D eigenvalue weighted by molar-refractivity contribution is -0.119. The van der Waals surface area contributed by atoms with Crippen molar-refractivity contribution in [3.05, 3.63) is 48.7 Å². The van der Waals surface area contributed by atoms with E-state index in [1.807, 2.05) is 12.1 Å². The molecule has 0 unspecified atom stereocenters. The van der Waals surface area contributed by atoms with E-state index in [0.29, 0.717) is 33.7 Å². The van der Waals surface area contributed by atoms with Gasteiger partial charge in [0, 0.05) is 30.8 Å². The number of para-hydroxylation sites is 1. The number of nitrogens with one attached hydrogen (secondary N) is 3. The second-order valence-electron chi connectivity index (χ2n) is 10.5. The molecular weight excluding hydrogens is 495 g/mol. The summed E-state index contributed by atoms with van der Waals surface area (Å²) >= 11 is 0. The minimum atomic E-state index is -0.519. The van der Waals surface area contributed by atoms with Crippen LogP contribution in [-0.4, -0.2) is 49.1 Å². The lowest BCUT2D eigenvalue weighted by Gasteiger charge is -2.28. The zero-order chi connectivity index (χ0) is 26.3. The molecule has 0 spiro atoms. The second kappa shape index (κ2) is 9.76. The van der Waals surface area contributed by atoms with Gasteiger partial charge < -0.3 is 15.2 Å². The van der Waals surface area contributed by atoms with Crippen molar-refractivity contribution in [2.24, 2.45) is 5.92 Å². The van der Waals surface area contributed by atoms with Crippen molar-refractivity contribution < 1.29 is 9.18 Å². The Morgan fingerprint density at radius 1 is 1.00 bits per heavy atom. The third kappa shape index (κ3) is 4.29. The molecule has 9 nitrogen and oxygen atoms in total. The van der Waals surface area contributed by atoms with Gasteiger partial charge in [-0.2, -0.15) is 5.10 Å². The van der Waals surface area contributed by atoms with Gasteiger partial charge in [-0.05, 0) is 50.3 Å². The number of piperidine rings is 1. The lowest BCUT2D eigenvalue weighted by atomic mass is 10.1. The molecule has 3 N–H and O–H groups in total. The van der Waals surface area contributed by atoms with E-state index in [9.17, 15) is 4.79 Å². The summed E-state index contributed by atoms with van der Waals surface area (Å²) in [6.07, 6.45) is 12.2. The van der Waals surface area contributed by atoms with Gasteiger partial charge in [-0.25, -0.2) is 9.37 Å². The molecule has 10 heteroatoms. The normalized spacial score (nSPS) is 16.4. The van der Waals surface area contributed by atoms with Crippen LogP contribution in [0.1, 0.15) is 44.9 Å². The van der Waals surface area contributed by atoms with Crippen LogP contribution >= 0.6 is 0 Å². The Bertz CT molecular complexity index is 1680. The van der Waals surface area contributed by atoms with Crippen molar-refractivity contribution in [3.8, 4) is 22.8 Å². The fourth-order valence-corrected chi connectivity index (χ4v) is 5.94. The van der Waals surface area contributed by atoms with Gasteiger partial charge in [0.05, 0.1) is 40.2 Å². The Hall–Kier alpha value is -4.34. The number of nitrogens with zero attached hydrogens (tertiary/aromatic N) is 5. The fraction of sp³-hybridized carbons (Fsp3) is 0.345. The van der Waals surface area contributed by atoms with Crippen LogP contribution in [0, 0.1) is 11.7 Å². The molecule has 1 saturated heterocycles. The van der Waals surface area contributed by atoms with Crippen LogP contribution in [0.25, 0.3) is 44.7 Å². The summed E-state index contributed by atoms with van der Waals surface area (Å²) in [7, 11) is 0. The first kappa shape index (κ1) is 23.8. The minimum absolute atomic E-state index is 0.0127. The van der Waals surface area contributed by atoms with Crippen molar-refractivity contribution in [2.45, 2.75) is 44.9 Å². The van der Waals surface area contributed by atoms with Gasteiger partial charge in [0.2, 0.25) is 5.91 Å². The molecule has 1 aliphatic carbocycles. The summed E-state index contributed by atoms with van der Waals surface area (Å²) < 4.78 is 16.1. The lowest BCUT2D eigenvalue weighted by Crippen LogP contribution is -2.29. The summed E-state index contributed by atoms with van der Waals surface area (Å²) in [5.74, 6) is -0.0182. The van der Waals surface area contributed by atoms with Crippen LogP contribution in [0.5, 0.6) is 0 Å². The monoisotopic (exact) mass is 524 g/mol. The molecule has 5 heterocycles. The van der Waals surface area contributed by atoms with E-state index < -0.39 is 5.82 Å². The molecule has 1 aliphatic heterocycles. The van der Waals surface area contributed by atoms with Crippen LogP contribution in [0.4, 0.5) is 15.8 Å². The molecule has 0 bridgehead atoms. The number of hydrogen-bond acceptors (Lipinski definition) is 6. The molecule has 1 amide bonds. The van der Waals surface area contributed by atoms with Crippen molar-refractivity contribution >= 4 is 39.2 Å². The molecule has 5 aromatic rings. The first-order valence-electron chi connectivity index (χ1n) is 13.7. The molecule has 1 saturated carbocycles. The highest BCUT2D eigenvalue weighted by Gasteiger charge is 2.24. The van der Waals surface area contributed by atoms with E-state index in [1.165, 1.54) is 19.3 Å². The molecule has 198 valence electrons. The average Bonchev–Trinajstić information content (AvgIpc) is 3.73. The second-order valence-corrected chi connectivity index (χ2v) is 10.5. The quantitative estimate of drug-likeness (QED) is 0.267. The smallest absolute Gasteiger partial charge is 0.227 e. The number of rotatable bonds is 5. The van der Waals surface area contributed by atoms with Gasteiger partial charge in [-0.3, -0.25) is 19.9 Å². The zero-order valence-electron chi connectivity index (χ0n) is 21.5. The maximum absolute atomic E-state index is 16.1. The number of anilines is 2. The van der Waals surface area contributed by atoms with Gasteiger partial charge in [0.15, 0.2) is 11.6 Å². The molecule has 1 aromatic carbocycles. The van der Waals surface area contributed by atoms with Crippen molar-refractivity contribution in [1.29, 1.82) is 0 Å². The third-order valence-corrected chi connectivity index (χ3v) is 7.96. The van der Waals surface area contributed by atoms with E-state index in [1.54, 1.807) is 24.7 Å². The van der Waals surface area contributed by atoms with Gasteiger partial charge in [-0.15, -0.1) is 0 Å². The highest BCUT2D eigenvalue weighted by atomic mass is 19.1. The molecule has 7 rings (SSSR count). The summed E-state index contributed by atoms with van der Waals surface area (Å²) in [6.45, 7) is 2.01. The number of halogens is 1. The topological polar surface area (TPSA) is 115 Å². The van der Waals surface area contributed by atoms with E-state index in [-0.39, 0.29) is 17.5 Å². The number of hydrogen-bond donors (Lipinski definition) is 3. The first-order chi connectivity index (χ1) is 19.2. The van der Waals surface area contributed by atoms with E-state index in [4.69, 9.17) is 4.98 Å². The number of imidazole rings is 1. The Morgan fingerprint density at radius 3 is 2.69 bits per heavy atom. The number of carbonyl (C=O) groups excluding carboxylic acids is 1. The number of carbonyl (C=O) groups is 1. The number of pyridine rings is 2. The summed E-state index contributed by atoms with van der Waals surface area (Å²) in [5, 5.41) is 10.6. The van der Waals surface area contributed by atoms with Crippen LogP contribution in [-0.2, 0) is 4.79 Å². The molecule has 0 atom stereocenters. The summed E-state index contributed by atoms with van der Waals surface area (Å²) in [5.41, 5.74) is 4.83. The maximum Gasteiger partial charge on any atom is 0.227 e. The molecule has 0 radical (unpaired) electrons. The number of benzene rings is 1. The highest BCUT2D eigenvalue weighted by molar-refractivity contribution is 5.98. The Balaban J connectivity index is 1.25. The van der Waals surface area contributed by atoms with Crippen molar-refractivity contribution in [2.75, 3.05) is 23.3 Å². The Labute approximate surface area is 224 Å². The molecule has 2 aliphatic rings. The number of aromatic amines is 2. The van der Waals surface area contributed by atoms with Crippen LogP contribution < -0.4 is 10.2 Å².